The summed E-state index contributed by atoms with van der Waals surface area (Å²) in [5.41, 5.74) is 1.20. The molecule has 0 amide bonds. The fraction of sp³-hybridized carbons (Fsp3) is 0.462. The molecule has 0 radical (unpaired) electrons. The van der Waals surface area contributed by atoms with Crippen molar-refractivity contribution >= 4 is 26.8 Å². The lowest BCUT2D eigenvalue weighted by atomic mass is 10.2. The van der Waals surface area contributed by atoms with Crippen LogP contribution in [0.2, 0.25) is 0 Å². The molecule has 1 aromatic carbocycles. The van der Waals surface area contributed by atoms with Crippen molar-refractivity contribution in [2.45, 2.75) is 20.4 Å². The van der Waals surface area contributed by atoms with Crippen LogP contribution in [0.15, 0.2) is 28.9 Å². The van der Waals surface area contributed by atoms with Crippen molar-refractivity contribution in [1.82, 2.24) is 14.7 Å². The number of halogens is 1. The molecule has 0 unspecified atom stereocenters. The molecule has 17 heavy (non-hydrogen) atoms. The first-order valence-electron chi connectivity index (χ1n) is 6.08. The van der Waals surface area contributed by atoms with Crippen molar-refractivity contribution in [3.05, 3.63) is 28.9 Å². The Bertz CT molecular complexity index is 488. The standard InChI is InChI=1S/C13H18BrN3/c1-3-16(4-2)7-8-17-13-9-12(14)6-5-11(13)10-15-17/h5-6,9-10H,3-4,7-8H2,1-2H3. The lowest BCUT2D eigenvalue weighted by Crippen LogP contribution is -2.27. The highest BCUT2D eigenvalue weighted by atomic mass is 79.9. The van der Waals surface area contributed by atoms with Crippen LogP contribution in [-0.4, -0.2) is 34.3 Å². The predicted octanol–water partition coefficient (Wildman–Crippen LogP) is 3.14. The fourth-order valence-corrected chi connectivity index (χ4v) is 2.35. The molecule has 0 fully saturated rings. The molecule has 0 aliphatic rings. The Labute approximate surface area is 111 Å². The highest BCUT2D eigenvalue weighted by molar-refractivity contribution is 9.10. The zero-order chi connectivity index (χ0) is 12.3. The van der Waals surface area contributed by atoms with Crippen molar-refractivity contribution in [1.29, 1.82) is 0 Å². The molecule has 0 aliphatic carbocycles. The first-order chi connectivity index (χ1) is 8.24. The zero-order valence-electron chi connectivity index (χ0n) is 10.4. The van der Waals surface area contributed by atoms with E-state index in [4.69, 9.17) is 0 Å². The van der Waals surface area contributed by atoms with Crippen molar-refractivity contribution in [2.24, 2.45) is 0 Å². The van der Waals surface area contributed by atoms with Gasteiger partial charge in [-0.05, 0) is 25.2 Å². The molecule has 0 saturated carbocycles. The molecule has 0 atom stereocenters. The molecule has 0 spiro atoms. The van der Waals surface area contributed by atoms with Gasteiger partial charge in [0.25, 0.3) is 0 Å². The van der Waals surface area contributed by atoms with Crippen LogP contribution in [-0.2, 0) is 6.54 Å². The quantitative estimate of drug-likeness (QED) is 0.845. The van der Waals surface area contributed by atoms with Gasteiger partial charge in [-0.3, -0.25) is 4.68 Å². The van der Waals surface area contributed by atoms with Crippen molar-refractivity contribution < 1.29 is 0 Å². The third-order valence-corrected chi connectivity index (χ3v) is 3.62. The van der Waals surface area contributed by atoms with E-state index in [-0.39, 0.29) is 0 Å². The van der Waals surface area contributed by atoms with Crippen LogP contribution in [0, 0.1) is 0 Å². The second-order valence-corrected chi connectivity index (χ2v) is 5.01. The van der Waals surface area contributed by atoms with Gasteiger partial charge in [-0.1, -0.05) is 35.8 Å². The molecule has 92 valence electrons. The van der Waals surface area contributed by atoms with Gasteiger partial charge in [-0.2, -0.15) is 5.10 Å². The van der Waals surface area contributed by atoms with Crippen LogP contribution >= 0.6 is 15.9 Å². The Hall–Kier alpha value is -0.870. The van der Waals surface area contributed by atoms with Gasteiger partial charge < -0.3 is 4.90 Å². The van der Waals surface area contributed by atoms with E-state index in [1.54, 1.807) is 0 Å². The van der Waals surface area contributed by atoms with E-state index < -0.39 is 0 Å². The van der Waals surface area contributed by atoms with Crippen molar-refractivity contribution in [3.8, 4) is 0 Å². The summed E-state index contributed by atoms with van der Waals surface area (Å²) in [7, 11) is 0. The first kappa shape index (κ1) is 12.6. The van der Waals surface area contributed by atoms with Gasteiger partial charge in [0.05, 0.1) is 18.3 Å². The smallest absolute Gasteiger partial charge is 0.0694 e. The Morgan fingerprint density at radius 2 is 2.06 bits per heavy atom. The fourth-order valence-electron chi connectivity index (χ4n) is 2.00. The van der Waals surface area contributed by atoms with Gasteiger partial charge in [-0.15, -0.1) is 0 Å². The van der Waals surface area contributed by atoms with Crippen molar-refractivity contribution in [2.75, 3.05) is 19.6 Å². The molecule has 0 bridgehead atoms. The molecule has 2 aromatic rings. The number of aromatic nitrogens is 2. The second kappa shape index (κ2) is 5.65. The molecule has 1 heterocycles. The number of hydrogen-bond acceptors (Lipinski definition) is 2. The summed E-state index contributed by atoms with van der Waals surface area (Å²) in [5.74, 6) is 0. The average molecular weight is 296 g/mol. The minimum Gasteiger partial charge on any atom is -0.302 e. The maximum absolute atomic E-state index is 4.45. The van der Waals surface area contributed by atoms with Crippen LogP contribution in [0.1, 0.15) is 13.8 Å². The lowest BCUT2D eigenvalue weighted by molar-refractivity contribution is 0.287. The van der Waals surface area contributed by atoms with Gasteiger partial charge in [0.2, 0.25) is 0 Å². The normalized spacial score (nSPS) is 11.5. The van der Waals surface area contributed by atoms with Crippen LogP contribution in [0.25, 0.3) is 10.9 Å². The first-order valence-corrected chi connectivity index (χ1v) is 6.87. The molecule has 2 rings (SSSR count). The SMILES string of the molecule is CCN(CC)CCn1ncc2ccc(Br)cc21. The highest BCUT2D eigenvalue weighted by Gasteiger charge is 2.05. The van der Waals surface area contributed by atoms with E-state index in [0.717, 1.165) is 30.7 Å². The number of hydrogen-bond donors (Lipinski definition) is 0. The van der Waals surface area contributed by atoms with Crippen LogP contribution in [0.5, 0.6) is 0 Å². The number of likely N-dealkylation sites (N-methyl/N-ethyl adjacent to an activating group) is 1. The van der Waals surface area contributed by atoms with E-state index >= 15 is 0 Å². The van der Waals surface area contributed by atoms with Gasteiger partial charge in [0, 0.05) is 16.4 Å². The highest BCUT2D eigenvalue weighted by Crippen LogP contribution is 2.19. The van der Waals surface area contributed by atoms with E-state index in [0.29, 0.717) is 0 Å². The number of rotatable bonds is 5. The summed E-state index contributed by atoms with van der Waals surface area (Å²) < 4.78 is 3.19. The lowest BCUT2D eigenvalue weighted by Gasteiger charge is -2.17. The van der Waals surface area contributed by atoms with E-state index in [1.807, 2.05) is 6.20 Å². The molecule has 3 nitrogen and oxygen atoms in total. The second-order valence-electron chi connectivity index (χ2n) is 4.10. The van der Waals surface area contributed by atoms with E-state index in [9.17, 15) is 0 Å². The Morgan fingerprint density at radius 1 is 1.29 bits per heavy atom. The summed E-state index contributed by atoms with van der Waals surface area (Å²) in [6, 6.07) is 6.28. The molecule has 0 aliphatic heterocycles. The molecule has 4 heteroatoms. The Kier molecular flexibility index (Phi) is 4.18. The zero-order valence-corrected chi connectivity index (χ0v) is 11.9. The van der Waals surface area contributed by atoms with E-state index in [2.05, 4.69) is 62.7 Å². The number of benzene rings is 1. The largest absolute Gasteiger partial charge is 0.302 e. The monoisotopic (exact) mass is 295 g/mol. The summed E-state index contributed by atoms with van der Waals surface area (Å²) in [6.07, 6.45) is 1.93. The summed E-state index contributed by atoms with van der Waals surface area (Å²) in [5, 5.41) is 5.65. The molecular formula is C13H18BrN3. The average Bonchev–Trinajstić information content (AvgIpc) is 2.73. The van der Waals surface area contributed by atoms with Crippen LogP contribution in [0.4, 0.5) is 0 Å². The molecular weight excluding hydrogens is 278 g/mol. The Morgan fingerprint density at radius 3 is 2.76 bits per heavy atom. The number of fused-ring (bicyclic) bond motifs is 1. The maximum atomic E-state index is 4.45. The van der Waals surface area contributed by atoms with Crippen LogP contribution in [0.3, 0.4) is 0 Å². The minimum atomic E-state index is 0.946. The van der Waals surface area contributed by atoms with Gasteiger partial charge in [0.1, 0.15) is 0 Å². The number of nitrogens with zero attached hydrogens (tertiary/aromatic N) is 3. The topological polar surface area (TPSA) is 21.1 Å². The maximum Gasteiger partial charge on any atom is 0.0694 e. The Balaban J connectivity index is 2.16. The summed E-state index contributed by atoms with van der Waals surface area (Å²) in [6.45, 7) is 8.58. The summed E-state index contributed by atoms with van der Waals surface area (Å²) in [4.78, 5) is 2.41. The van der Waals surface area contributed by atoms with Crippen LogP contribution < -0.4 is 0 Å². The van der Waals surface area contributed by atoms with Gasteiger partial charge in [-0.25, -0.2) is 0 Å². The molecule has 1 aromatic heterocycles. The molecule has 0 saturated heterocycles. The minimum absolute atomic E-state index is 0.946. The summed E-state index contributed by atoms with van der Waals surface area (Å²) >= 11 is 3.51. The molecule has 0 N–H and O–H groups in total. The third-order valence-electron chi connectivity index (χ3n) is 3.13. The van der Waals surface area contributed by atoms with Gasteiger partial charge in [0.15, 0.2) is 0 Å². The third kappa shape index (κ3) is 2.87. The van der Waals surface area contributed by atoms with Gasteiger partial charge >= 0.3 is 0 Å². The predicted molar refractivity (Wildman–Crippen MR) is 75.2 cm³/mol. The van der Waals surface area contributed by atoms with E-state index in [1.165, 1.54) is 10.9 Å². The van der Waals surface area contributed by atoms with Crippen molar-refractivity contribution in [3.63, 3.8) is 0 Å².